The summed E-state index contributed by atoms with van der Waals surface area (Å²) in [7, 11) is 0. The van der Waals surface area contributed by atoms with E-state index in [4.69, 9.17) is 23.2 Å². The van der Waals surface area contributed by atoms with E-state index in [0.717, 1.165) is 34.7 Å². The molecule has 0 saturated carbocycles. The van der Waals surface area contributed by atoms with Crippen molar-refractivity contribution in [2.45, 2.75) is 38.8 Å². The van der Waals surface area contributed by atoms with Gasteiger partial charge in [0.25, 0.3) is 0 Å². The molecule has 1 fully saturated rings. The molecule has 0 aromatic heterocycles. The van der Waals surface area contributed by atoms with Crippen molar-refractivity contribution >= 4 is 28.9 Å². The molecule has 2 aromatic carbocycles. The van der Waals surface area contributed by atoms with Gasteiger partial charge in [0, 0.05) is 34.0 Å². The zero-order chi connectivity index (χ0) is 18.7. The zero-order valence-corrected chi connectivity index (χ0v) is 16.5. The number of oxime groups is 1. The number of hydrogen-bond donors (Lipinski definition) is 2. The first-order valence-corrected chi connectivity index (χ1v) is 9.79. The number of nitrogens with one attached hydrogen (secondary N) is 1. The van der Waals surface area contributed by atoms with Crippen molar-refractivity contribution in [3.8, 4) is 0 Å². The van der Waals surface area contributed by atoms with Crippen LogP contribution in [0.1, 0.15) is 49.9 Å². The maximum absolute atomic E-state index is 9.79. The van der Waals surface area contributed by atoms with Crippen molar-refractivity contribution in [2.24, 2.45) is 17.0 Å². The molecule has 138 valence electrons. The smallest absolute Gasteiger partial charge is 0.0667 e. The lowest BCUT2D eigenvalue weighted by molar-refractivity contribution is 0.258. The fourth-order valence-corrected chi connectivity index (χ4v) is 4.23. The highest BCUT2D eigenvalue weighted by molar-refractivity contribution is 6.30. The maximum Gasteiger partial charge on any atom is 0.0667 e. The van der Waals surface area contributed by atoms with E-state index < -0.39 is 0 Å². The Hall–Kier alpha value is -1.55. The van der Waals surface area contributed by atoms with Crippen LogP contribution in [0.3, 0.4) is 0 Å². The summed E-state index contributed by atoms with van der Waals surface area (Å²) in [5.74, 6) is 0.228. The normalized spacial score (nSPS) is 27.6. The van der Waals surface area contributed by atoms with Gasteiger partial charge in [-0.05, 0) is 41.8 Å². The molecule has 5 heteroatoms. The number of piperidine rings is 1. The summed E-state index contributed by atoms with van der Waals surface area (Å²) in [6.07, 6.45) is 1.98. The molecule has 0 spiro atoms. The Morgan fingerprint density at radius 1 is 0.923 bits per heavy atom. The van der Waals surface area contributed by atoms with E-state index in [0.29, 0.717) is 5.02 Å². The molecular formula is C21H24Cl2N2O. The topological polar surface area (TPSA) is 44.6 Å². The quantitative estimate of drug-likeness (QED) is 0.477. The lowest BCUT2D eigenvalue weighted by atomic mass is 9.73. The molecule has 0 aliphatic carbocycles. The summed E-state index contributed by atoms with van der Waals surface area (Å²) in [6.45, 7) is 4.27. The van der Waals surface area contributed by atoms with Gasteiger partial charge in [0.05, 0.1) is 5.71 Å². The van der Waals surface area contributed by atoms with E-state index in [2.05, 4.69) is 24.3 Å². The first-order chi connectivity index (χ1) is 12.5. The summed E-state index contributed by atoms with van der Waals surface area (Å²) in [5.41, 5.74) is 3.14. The van der Waals surface area contributed by atoms with E-state index in [-0.39, 0.29) is 23.9 Å². The fourth-order valence-electron chi connectivity index (χ4n) is 3.98. The molecule has 0 radical (unpaired) electrons. The molecule has 1 saturated heterocycles. The van der Waals surface area contributed by atoms with E-state index in [1.165, 1.54) is 0 Å². The van der Waals surface area contributed by atoms with Gasteiger partial charge in [0.15, 0.2) is 0 Å². The van der Waals surface area contributed by atoms with E-state index in [1.807, 2.05) is 48.5 Å². The number of halogens is 2. The Kier molecular flexibility index (Phi) is 6.23. The monoisotopic (exact) mass is 390 g/mol. The highest BCUT2D eigenvalue weighted by Crippen LogP contribution is 2.41. The molecule has 1 aliphatic rings. The molecule has 3 rings (SSSR count). The second-order valence-electron chi connectivity index (χ2n) is 6.93. The van der Waals surface area contributed by atoms with Crippen LogP contribution in [0.15, 0.2) is 53.7 Å². The predicted molar refractivity (Wildman–Crippen MR) is 108 cm³/mol. The van der Waals surface area contributed by atoms with Crippen LogP contribution in [0.25, 0.3) is 0 Å². The third-order valence-electron chi connectivity index (χ3n) is 5.28. The van der Waals surface area contributed by atoms with Crippen LogP contribution in [0, 0.1) is 11.8 Å². The highest BCUT2D eigenvalue weighted by Gasteiger charge is 2.40. The summed E-state index contributed by atoms with van der Waals surface area (Å²) >= 11 is 12.1. The molecular weight excluding hydrogens is 367 g/mol. The first kappa shape index (κ1) is 19.2. The summed E-state index contributed by atoms with van der Waals surface area (Å²) < 4.78 is 0. The average Bonchev–Trinajstić information content (AvgIpc) is 2.64. The van der Waals surface area contributed by atoms with Crippen LogP contribution in [0.2, 0.25) is 10.0 Å². The number of nitrogens with zero attached hydrogens (tertiary/aromatic N) is 1. The Morgan fingerprint density at radius 2 is 1.42 bits per heavy atom. The van der Waals surface area contributed by atoms with Crippen LogP contribution in [0.4, 0.5) is 0 Å². The van der Waals surface area contributed by atoms with Gasteiger partial charge in [-0.1, -0.05) is 72.9 Å². The Bertz CT molecular complexity index is 759. The Labute approximate surface area is 165 Å². The molecule has 2 aromatic rings. The van der Waals surface area contributed by atoms with Crippen LogP contribution < -0.4 is 5.32 Å². The first-order valence-electron chi connectivity index (χ1n) is 9.04. The van der Waals surface area contributed by atoms with Crippen LogP contribution in [-0.4, -0.2) is 10.9 Å². The minimum Gasteiger partial charge on any atom is -0.411 e. The third kappa shape index (κ3) is 3.90. The number of hydrogen-bond acceptors (Lipinski definition) is 3. The minimum atomic E-state index is 0.0481. The van der Waals surface area contributed by atoms with Gasteiger partial charge in [-0.2, -0.15) is 0 Å². The molecule has 0 bridgehead atoms. The molecule has 1 heterocycles. The molecule has 1 aliphatic heterocycles. The lowest BCUT2D eigenvalue weighted by Crippen LogP contribution is -2.47. The SMILES string of the molecule is CCC[C@@H]1/C(=N/O)[C@H](C)[C@@H](c2ccc(Cl)cc2)N[C@H]1c1ccc(Cl)cc1. The summed E-state index contributed by atoms with van der Waals surface area (Å²) in [4.78, 5) is 0. The minimum absolute atomic E-state index is 0.0481. The van der Waals surface area contributed by atoms with Gasteiger partial charge < -0.3 is 10.5 Å². The Balaban J connectivity index is 2.01. The van der Waals surface area contributed by atoms with E-state index >= 15 is 0 Å². The van der Waals surface area contributed by atoms with Gasteiger partial charge in [-0.25, -0.2) is 0 Å². The van der Waals surface area contributed by atoms with Crippen molar-refractivity contribution in [3.05, 3.63) is 69.7 Å². The van der Waals surface area contributed by atoms with Crippen molar-refractivity contribution in [2.75, 3.05) is 0 Å². The molecule has 2 N–H and O–H groups in total. The lowest BCUT2D eigenvalue weighted by Gasteiger charge is -2.42. The second kappa shape index (κ2) is 8.43. The summed E-state index contributed by atoms with van der Waals surface area (Å²) in [6, 6.07) is 15.9. The van der Waals surface area contributed by atoms with Gasteiger partial charge in [0.2, 0.25) is 0 Å². The Morgan fingerprint density at radius 3 is 1.88 bits per heavy atom. The van der Waals surface area contributed by atoms with Gasteiger partial charge >= 0.3 is 0 Å². The standard InChI is InChI=1S/C21H24Cl2N2O/c1-3-4-18-20(25-26)13(2)19(14-5-9-16(22)10-6-14)24-21(18)15-7-11-17(23)12-8-15/h5-13,18-19,21,24,26H,3-4H2,1-2H3/b25-20+/t13-,18-,19+,21+/m1/s1. The highest BCUT2D eigenvalue weighted by atomic mass is 35.5. The van der Waals surface area contributed by atoms with Crippen molar-refractivity contribution in [1.82, 2.24) is 5.32 Å². The van der Waals surface area contributed by atoms with Gasteiger partial charge in [-0.3, -0.25) is 0 Å². The van der Waals surface area contributed by atoms with Gasteiger partial charge in [-0.15, -0.1) is 0 Å². The zero-order valence-electron chi connectivity index (χ0n) is 15.0. The number of benzene rings is 2. The van der Waals surface area contributed by atoms with Crippen molar-refractivity contribution < 1.29 is 5.21 Å². The van der Waals surface area contributed by atoms with Crippen LogP contribution in [0.5, 0.6) is 0 Å². The second-order valence-corrected chi connectivity index (χ2v) is 7.81. The van der Waals surface area contributed by atoms with Crippen LogP contribution >= 0.6 is 23.2 Å². The third-order valence-corrected chi connectivity index (χ3v) is 5.79. The molecule has 3 nitrogen and oxygen atoms in total. The van der Waals surface area contributed by atoms with Crippen LogP contribution in [-0.2, 0) is 0 Å². The number of rotatable bonds is 4. The van der Waals surface area contributed by atoms with Gasteiger partial charge in [0.1, 0.15) is 0 Å². The van der Waals surface area contributed by atoms with Crippen molar-refractivity contribution in [3.63, 3.8) is 0 Å². The molecule has 26 heavy (non-hydrogen) atoms. The average molecular weight is 391 g/mol. The molecule has 0 unspecified atom stereocenters. The molecule has 0 amide bonds. The molecule has 4 atom stereocenters. The maximum atomic E-state index is 9.79. The predicted octanol–water partition coefficient (Wildman–Crippen LogP) is 6.26. The summed E-state index contributed by atoms with van der Waals surface area (Å²) in [5, 5.41) is 18.8. The van der Waals surface area contributed by atoms with E-state index in [9.17, 15) is 5.21 Å². The largest absolute Gasteiger partial charge is 0.411 e. The van der Waals surface area contributed by atoms with E-state index in [1.54, 1.807) is 0 Å². The fraction of sp³-hybridized carbons (Fsp3) is 0.381. The van der Waals surface area contributed by atoms with Crippen molar-refractivity contribution in [1.29, 1.82) is 0 Å².